The molecule has 6 heteroatoms. The topological polar surface area (TPSA) is 34.9 Å². The molecular weight excluding hydrogens is 370 g/mol. The van der Waals surface area contributed by atoms with Crippen molar-refractivity contribution in [1.29, 1.82) is 0 Å². The summed E-state index contributed by atoms with van der Waals surface area (Å²) in [6, 6.07) is 5.79. The molecule has 92 valence electrons. The molecule has 2 aromatic rings. The van der Waals surface area contributed by atoms with E-state index in [0.717, 1.165) is 27.2 Å². The summed E-state index contributed by atoms with van der Waals surface area (Å²) >= 11 is 3.73. The molecule has 18 heavy (non-hydrogen) atoms. The van der Waals surface area contributed by atoms with Gasteiger partial charge >= 0.3 is 29.6 Å². The van der Waals surface area contributed by atoms with Gasteiger partial charge in [0.15, 0.2) is 5.16 Å². The Morgan fingerprint density at radius 2 is 2.17 bits per heavy atom. The number of hydrogen-bond donors (Lipinski definition) is 0. The molecule has 0 spiro atoms. The Bertz CT molecular complexity index is 615. The summed E-state index contributed by atoms with van der Waals surface area (Å²) in [4.78, 5) is 16.9. The van der Waals surface area contributed by atoms with E-state index < -0.39 is 0 Å². The molecule has 2 rings (SSSR count). The molecule has 0 fully saturated rings. The molecule has 0 bridgehead atoms. The average Bonchev–Trinajstić information content (AvgIpc) is 2.33. The predicted molar refractivity (Wildman–Crippen MR) is 87.9 cm³/mol. The fourth-order valence-corrected chi connectivity index (χ4v) is 2.82. The summed E-state index contributed by atoms with van der Waals surface area (Å²) in [6.45, 7) is 2.79. The first-order valence-corrected chi connectivity index (χ1v) is 7.71. The van der Waals surface area contributed by atoms with Crippen LogP contribution in [0.15, 0.2) is 28.2 Å². The maximum atomic E-state index is 12.4. The van der Waals surface area contributed by atoms with Crippen molar-refractivity contribution >= 4 is 74.8 Å². The van der Waals surface area contributed by atoms with E-state index >= 15 is 0 Å². The van der Waals surface area contributed by atoms with Gasteiger partial charge in [-0.25, -0.2) is 4.98 Å². The van der Waals surface area contributed by atoms with Gasteiger partial charge in [0, 0.05) is 10.1 Å². The monoisotopic (exact) mass is 384 g/mol. The van der Waals surface area contributed by atoms with Crippen LogP contribution in [0, 0.1) is 3.57 Å². The van der Waals surface area contributed by atoms with E-state index in [-0.39, 0.29) is 35.1 Å². The van der Waals surface area contributed by atoms with Gasteiger partial charge in [0.2, 0.25) is 0 Å². The van der Waals surface area contributed by atoms with E-state index in [1.807, 2.05) is 24.5 Å². The summed E-state index contributed by atoms with van der Waals surface area (Å²) in [5, 5.41) is 1.51. The molecule has 0 saturated carbocycles. The molecule has 1 aromatic carbocycles. The number of benzene rings is 1. The number of aromatic nitrogens is 2. The second-order valence-corrected chi connectivity index (χ2v) is 5.74. The second kappa shape index (κ2) is 7.28. The van der Waals surface area contributed by atoms with Gasteiger partial charge in [0.05, 0.1) is 10.9 Å². The molecule has 0 saturated heterocycles. The third kappa shape index (κ3) is 3.30. The Balaban J connectivity index is 0.00000162. The second-order valence-electron chi connectivity index (χ2n) is 3.72. The van der Waals surface area contributed by atoms with Crippen molar-refractivity contribution in [3.05, 3.63) is 32.1 Å². The molecule has 0 aliphatic rings. The van der Waals surface area contributed by atoms with Gasteiger partial charge in [-0.1, -0.05) is 18.7 Å². The molecular formula is C12H14IN2NaOS. The number of fused-ring (bicyclic) bond motifs is 1. The number of hydrogen-bond acceptors (Lipinski definition) is 3. The quantitative estimate of drug-likeness (QED) is 0.353. The third-order valence-corrected chi connectivity index (χ3v) is 3.86. The molecule has 1 heterocycles. The molecule has 0 N–H and O–H groups in total. The Labute approximate surface area is 146 Å². The Morgan fingerprint density at radius 1 is 1.44 bits per heavy atom. The molecule has 1 aromatic heterocycles. The molecule has 0 radical (unpaired) electrons. The van der Waals surface area contributed by atoms with Crippen LogP contribution in [0.2, 0.25) is 0 Å². The number of nitrogens with zero attached hydrogens (tertiary/aromatic N) is 2. The van der Waals surface area contributed by atoms with Gasteiger partial charge in [0.25, 0.3) is 5.56 Å². The Hall–Kier alpha value is 0.440. The van der Waals surface area contributed by atoms with Gasteiger partial charge in [-0.05, 0) is 53.5 Å². The van der Waals surface area contributed by atoms with Crippen molar-refractivity contribution in [2.45, 2.75) is 25.0 Å². The fourth-order valence-electron chi connectivity index (χ4n) is 1.75. The summed E-state index contributed by atoms with van der Waals surface area (Å²) in [5.74, 6) is 0. The van der Waals surface area contributed by atoms with Crippen molar-refractivity contribution in [3.8, 4) is 0 Å². The predicted octanol–water partition coefficient (Wildman–Crippen LogP) is 2.48. The van der Waals surface area contributed by atoms with Crippen molar-refractivity contribution in [1.82, 2.24) is 9.55 Å². The third-order valence-electron chi connectivity index (χ3n) is 2.51. The number of halogens is 1. The van der Waals surface area contributed by atoms with Crippen LogP contribution in [-0.4, -0.2) is 45.4 Å². The van der Waals surface area contributed by atoms with Crippen LogP contribution < -0.4 is 5.56 Å². The van der Waals surface area contributed by atoms with Crippen LogP contribution in [0.5, 0.6) is 0 Å². The SMILES string of the molecule is CCCn1c(SC)nc2ccc(I)cc2c1=O.[NaH]. The summed E-state index contributed by atoms with van der Waals surface area (Å²) in [5.41, 5.74) is 0.854. The summed E-state index contributed by atoms with van der Waals surface area (Å²) < 4.78 is 2.83. The molecule has 0 aliphatic heterocycles. The number of thioether (sulfide) groups is 1. The van der Waals surface area contributed by atoms with Gasteiger partial charge in [-0.3, -0.25) is 9.36 Å². The average molecular weight is 384 g/mol. The standard InChI is InChI=1S/C12H13IN2OS.Na.H/c1-3-6-15-11(16)9-7-8(13)4-5-10(9)14-12(15)17-2;;/h4-5,7H,3,6H2,1-2H3;;. The summed E-state index contributed by atoms with van der Waals surface area (Å²) in [7, 11) is 0. The number of rotatable bonds is 3. The zero-order valence-corrected chi connectivity index (χ0v) is 12.7. The molecule has 0 atom stereocenters. The van der Waals surface area contributed by atoms with Crippen molar-refractivity contribution in [2.24, 2.45) is 0 Å². The van der Waals surface area contributed by atoms with E-state index in [1.165, 1.54) is 11.8 Å². The molecule has 0 aliphatic carbocycles. The van der Waals surface area contributed by atoms with E-state index in [4.69, 9.17) is 0 Å². The van der Waals surface area contributed by atoms with Gasteiger partial charge in [-0.2, -0.15) is 0 Å². The molecule has 0 unspecified atom stereocenters. The van der Waals surface area contributed by atoms with E-state index in [1.54, 1.807) is 4.57 Å². The van der Waals surface area contributed by atoms with Gasteiger partial charge in [-0.15, -0.1) is 0 Å². The van der Waals surface area contributed by atoms with E-state index in [0.29, 0.717) is 5.39 Å². The van der Waals surface area contributed by atoms with Crippen molar-refractivity contribution in [2.75, 3.05) is 6.26 Å². The minimum atomic E-state index is 0. The van der Waals surface area contributed by atoms with Crippen LogP contribution in [0.4, 0.5) is 0 Å². The minimum absolute atomic E-state index is 0. The van der Waals surface area contributed by atoms with Crippen molar-refractivity contribution in [3.63, 3.8) is 0 Å². The van der Waals surface area contributed by atoms with Crippen molar-refractivity contribution < 1.29 is 0 Å². The zero-order chi connectivity index (χ0) is 12.4. The Kier molecular flexibility index (Phi) is 6.67. The maximum absolute atomic E-state index is 12.4. The molecule has 0 amide bonds. The van der Waals surface area contributed by atoms with Gasteiger partial charge in [0.1, 0.15) is 0 Å². The Morgan fingerprint density at radius 3 is 2.78 bits per heavy atom. The first-order chi connectivity index (χ1) is 8.17. The summed E-state index contributed by atoms with van der Waals surface area (Å²) in [6.07, 6.45) is 2.89. The van der Waals surface area contributed by atoms with E-state index in [9.17, 15) is 4.79 Å². The van der Waals surface area contributed by atoms with E-state index in [2.05, 4.69) is 34.5 Å². The van der Waals surface area contributed by atoms with Crippen LogP contribution in [-0.2, 0) is 6.54 Å². The zero-order valence-electron chi connectivity index (χ0n) is 9.74. The van der Waals surface area contributed by atoms with Gasteiger partial charge < -0.3 is 0 Å². The van der Waals surface area contributed by atoms with Crippen LogP contribution in [0.25, 0.3) is 10.9 Å². The van der Waals surface area contributed by atoms with Crippen LogP contribution in [0.3, 0.4) is 0 Å². The first kappa shape index (κ1) is 16.5. The fraction of sp³-hybridized carbons (Fsp3) is 0.333. The van der Waals surface area contributed by atoms with Crippen LogP contribution in [0.1, 0.15) is 13.3 Å². The van der Waals surface area contributed by atoms with Crippen LogP contribution >= 0.6 is 34.4 Å². The normalized spacial score (nSPS) is 10.4. The molecule has 3 nitrogen and oxygen atoms in total. The first-order valence-electron chi connectivity index (χ1n) is 5.41.